The topological polar surface area (TPSA) is 66.8 Å². The Labute approximate surface area is 63.6 Å². The van der Waals surface area contributed by atoms with Gasteiger partial charge < -0.3 is 14.9 Å². The van der Waals surface area contributed by atoms with Crippen LogP contribution in [0.4, 0.5) is 4.39 Å². The molecule has 0 aliphatic carbocycles. The van der Waals surface area contributed by atoms with Crippen molar-refractivity contribution >= 4 is 5.78 Å². The van der Waals surface area contributed by atoms with Gasteiger partial charge in [0, 0.05) is 6.42 Å². The van der Waals surface area contributed by atoms with E-state index >= 15 is 0 Å². The average molecular weight is 166 g/mol. The van der Waals surface area contributed by atoms with Gasteiger partial charge in [-0.25, -0.2) is 4.39 Å². The van der Waals surface area contributed by atoms with Crippen LogP contribution < -0.4 is 0 Å². The van der Waals surface area contributed by atoms with Gasteiger partial charge in [-0.3, -0.25) is 4.79 Å². The summed E-state index contributed by atoms with van der Waals surface area (Å²) in [4.78, 5) is 10.6. The first-order valence-electron chi connectivity index (χ1n) is 3.19. The van der Waals surface area contributed by atoms with Crippen molar-refractivity contribution in [1.29, 1.82) is 0 Å². The van der Waals surface area contributed by atoms with Gasteiger partial charge in [0.1, 0.15) is 0 Å². The van der Waals surface area contributed by atoms with E-state index in [2.05, 4.69) is 4.74 Å². The van der Waals surface area contributed by atoms with Crippen LogP contribution in [-0.2, 0) is 9.53 Å². The molecule has 0 fully saturated rings. The van der Waals surface area contributed by atoms with E-state index in [0.717, 1.165) is 6.92 Å². The molecule has 0 saturated heterocycles. The van der Waals surface area contributed by atoms with Crippen molar-refractivity contribution in [3.8, 4) is 0 Å². The maximum atomic E-state index is 12.0. The van der Waals surface area contributed by atoms with E-state index in [1.54, 1.807) is 0 Å². The molecule has 0 amide bonds. The van der Waals surface area contributed by atoms with E-state index in [9.17, 15) is 9.18 Å². The van der Waals surface area contributed by atoms with Gasteiger partial charge in [0.2, 0.25) is 6.29 Å². The monoisotopic (exact) mass is 166 g/mol. The zero-order chi connectivity index (χ0) is 8.85. The van der Waals surface area contributed by atoms with Gasteiger partial charge in [-0.2, -0.15) is 0 Å². The Kier molecular flexibility index (Phi) is 4.93. The number of carbonyl (C=O) groups excluding carboxylic acids is 1. The minimum Gasteiger partial charge on any atom is -0.396 e. The summed E-state index contributed by atoms with van der Waals surface area (Å²) in [5, 5.41) is 16.9. The van der Waals surface area contributed by atoms with Crippen molar-refractivity contribution < 1.29 is 24.1 Å². The van der Waals surface area contributed by atoms with Crippen LogP contribution >= 0.6 is 0 Å². The number of rotatable bonds is 5. The number of halogens is 1. The number of ether oxygens (including phenoxy) is 1. The van der Waals surface area contributed by atoms with Gasteiger partial charge in [-0.1, -0.05) is 0 Å². The van der Waals surface area contributed by atoms with Crippen LogP contribution in [0.15, 0.2) is 0 Å². The Morgan fingerprint density at radius 2 is 2.27 bits per heavy atom. The molecule has 2 unspecified atom stereocenters. The molecule has 0 aliphatic rings. The predicted molar refractivity (Wildman–Crippen MR) is 34.4 cm³/mol. The third kappa shape index (κ3) is 4.83. The van der Waals surface area contributed by atoms with Crippen LogP contribution in [0.2, 0.25) is 0 Å². The Hall–Kier alpha value is -0.520. The van der Waals surface area contributed by atoms with Gasteiger partial charge in [-0.15, -0.1) is 0 Å². The quantitative estimate of drug-likeness (QED) is 0.545. The molecule has 11 heavy (non-hydrogen) atoms. The molecule has 0 radical (unpaired) electrons. The Morgan fingerprint density at radius 1 is 1.73 bits per heavy atom. The Balaban J connectivity index is 3.64. The number of carbonyl (C=O) groups is 1. The zero-order valence-electron chi connectivity index (χ0n) is 6.16. The summed E-state index contributed by atoms with van der Waals surface area (Å²) in [5.41, 5.74) is 0. The SMILES string of the molecule is CC(F)OC(O)C(=O)CCO. The van der Waals surface area contributed by atoms with E-state index < -0.39 is 18.4 Å². The van der Waals surface area contributed by atoms with Gasteiger partial charge in [-0.05, 0) is 6.92 Å². The van der Waals surface area contributed by atoms with Crippen molar-refractivity contribution in [2.75, 3.05) is 6.61 Å². The standard InChI is InChI=1S/C6H11FO4/c1-4(7)11-6(10)5(9)2-3-8/h4,6,8,10H,2-3H2,1H3. The van der Waals surface area contributed by atoms with Crippen LogP contribution in [0.3, 0.4) is 0 Å². The van der Waals surface area contributed by atoms with Crippen molar-refractivity contribution in [2.24, 2.45) is 0 Å². The van der Waals surface area contributed by atoms with Gasteiger partial charge in [0.15, 0.2) is 12.1 Å². The molecule has 0 aliphatic heterocycles. The largest absolute Gasteiger partial charge is 0.396 e. The van der Waals surface area contributed by atoms with Crippen molar-refractivity contribution in [3.63, 3.8) is 0 Å². The molecule has 0 heterocycles. The smallest absolute Gasteiger partial charge is 0.218 e. The molecular weight excluding hydrogens is 155 g/mol. The highest BCUT2D eigenvalue weighted by molar-refractivity contribution is 5.81. The normalized spacial score (nSPS) is 16.0. The van der Waals surface area contributed by atoms with Crippen molar-refractivity contribution in [1.82, 2.24) is 0 Å². The van der Waals surface area contributed by atoms with E-state index in [1.165, 1.54) is 0 Å². The van der Waals surface area contributed by atoms with E-state index in [-0.39, 0.29) is 13.0 Å². The Bertz CT molecular complexity index is 126. The molecule has 2 N–H and O–H groups in total. The summed E-state index contributed by atoms with van der Waals surface area (Å²) < 4.78 is 16.0. The number of alkyl halides is 1. The first-order valence-corrected chi connectivity index (χ1v) is 3.19. The van der Waals surface area contributed by atoms with Crippen LogP contribution in [0.5, 0.6) is 0 Å². The molecule has 0 aromatic rings. The fourth-order valence-corrected chi connectivity index (χ4v) is 0.487. The van der Waals surface area contributed by atoms with E-state index in [4.69, 9.17) is 10.2 Å². The molecular formula is C6H11FO4. The molecule has 0 aromatic carbocycles. The van der Waals surface area contributed by atoms with Gasteiger partial charge >= 0.3 is 0 Å². The molecule has 2 atom stereocenters. The average Bonchev–Trinajstić information content (AvgIpc) is 1.86. The first-order chi connectivity index (χ1) is 5.07. The van der Waals surface area contributed by atoms with Crippen LogP contribution in [0.1, 0.15) is 13.3 Å². The number of Topliss-reactive ketones (excluding diaryl/α,β-unsaturated/α-hetero) is 1. The maximum absolute atomic E-state index is 12.0. The third-order valence-electron chi connectivity index (χ3n) is 0.950. The van der Waals surface area contributed by atoms with Crippen molar-refractivity contribution in [2.45, 2.75) is 26.0 Å². The molecule has 5 heteroatoms. The first kappa shape index (κ1) is 10.5. The molecule has 0 aromatic heterocycles. The fraction of sp³-hybridized carbons (Fsp3) is 0.833. The minimum absolute atomic E-state index is 0.228. The summed E-state index contributed by atoms with van der Waals surface area (Å²) >= 11 is 0. The highest BCUT2D eigenvalue weighted by atomic mass is 19.1. The van der Waals surface area contributed by atoms with Crippen LogP contribution in [0, 0.1) is 0 Å². The number of hydrogen-bond acceptors (Lipinski definition) is 4. The second-order valence-electron chi connectivity index (χ2n) is 1.97. The summed E-state index contributed by atoms with van der Waals surface area (Å²) in [5.74, 6) is -0.725. The molecule has 0 spiro atoms. The van der Waals surface area contributed by atoms with Crippen LogP contribution in [-0.4, -0.2) is 35.3 Å². The van der Waals surface area contributed by atoms with Gasteiger partial charge in [0.25, 0.3) is 0 Å². The second-order valence-corrected chi connectivity index (χ2v) is 1.97. The number of aliphatic hydroxyl groups is 2. The zero-order valence-corrected chi connectivity index (χ0v) is 6.16. The fourth-order valence-electron chi connectivity index (χ4n) is 0.487. The van der Waals surface area contributed by atoms with E-state index in [0.29, 0.717) is 0 Å². The third-order valence-corrected chi connectivity index (χ3v) is 0.950. The highest BCUT2D eigenvalue weighted by Crippen LogP contribution is 1.99. The van der Waals surface area contributed by atoms with Crippen molar-refractivity contribution in [3.05, 3.63) is 0 Å². The molecule has 0 bridgehead atoms. The summed E-state index contributed by atoms with van der Waals surface area (Å²) in [6.07, 6.45) is -3.68. The lowest BCUT2D eigenvalue weighted by molar-refractivity contribution is -0.183. The molecule has 0 saturated carbocycles. The number of aliphatic hydroxyl groups excluding tert-OH is 2. The molecule has 4 nitrogen and oxygen atoms in total. The number of ketones is 1. The summed E-state index contributed by atoms with van der Waals surface area (Å²) in [7, 11) is 0. The predicted octanol–water partition coefficient (Wildman–Crippen LogP) is -0.412. The summed E-state index contributed by atoms with van der Waals surface area (Å²) in [6, 6.07) is 0. The Morgan fingerprint density at radius 3 is 2.64 bits per heavy atom. The van der Waals surface area contributed by atoms with Gasteiger partial charge in [0.05, 0.1) is 6.61 Å². The lowest BCUT2D eigenvalue weighted by atomic mass is 10.3. The lowest BCUT2D eigenvalue weighted by Crippen LogP contribution is -2.26. The summed E-state index contributed by atoms with van der Waals surface area (Å²) in [6.45, 7) is 0.676. The second kappa shape index (κ2) is 5.17. The minimum atomic E-state index is -1.76. The van der Waals surface area contributed by atoms with E-state index in [1.807, 2.05) is 0 Å². The molecule has 66 valence electrons. The molecule has 0 rings (SSSR count). The number of hydrogen-bond donors (Lipinski definition) is 2. The van der Waals surface area contributed by atoms with Crippen LogP contribution in [0.25, 0.3) is 0 Å². The lowest BCUT2D eigenvalue weighted by Gasteiger charge is -2.10. The highest BCUT2D eigenvalue weighted by Gasteiger charge is 2.16. The maximum Gasteiger partial charge on any atom is 0.218 e.